The molecule has 0 spiro atoms. The summed E-state index contributed by atoms with van der Waals surface area (Å²) >= 11 is 0. The normalized spacial score (nSPS) is 12.4. The summed E-state index contributed by atoms with van der Waals surface area (Å²) in [6, 6.07) is 16.6. The van der Waals surface area contributed by atoms with Crippen molar-refractivity contribution in [3.05, 3.63) is 77.6 Å². The van der Waals surface area contributed by atoms with Gasteiger partial charge in [0.05, 0.1) is 18.4 Å². The molecule has 2 aromatic carbocycles. The predicted octanol–water partition coefficient (Wildman–Crippen LogP) is 4.60. The molecular formula is C25H30N2O6SSi. The smallest absolute Gasteiger partial charge is 0.412 e. The molecule has 1 N–H and O–H groups in total. The van der Waals surface area contributed by atoms with E-state index in [9.17, 15) is 18.0 Å². The minimum Gasteiger partial charge on any atom is -0.464 e. The van der Waals surface area contributed by atoms with Crippen molar-refractivity contribution in [2.45, 2.75) is 32.3 Å². The molecule has 1 amide bonds. The number of hydrogen-bond acceptors (Lipinski definition) is 6. The number of hydrogen-bond donors (Lipinski definition) is 1. The third kappa shape index (κ3) is 7.30. The molecule has 3 rings (SSSR count). The molecule has 8 nitrogen and oxygen atoms in total. The fraction of sp³-hybridized carbons (Fsp3) is 0.280. The number of aromatic nitrogens is 1. The average molecular weight is 515 g/mol. The molecule has 0 aliphatic heterocycles. The van der Waals surface area contributed by atoms with Crippen LogP contribution in [0.25, 0.3) is 17.0 Å². The number of carbonyl (C=O) groups is 2. The SMILES string of the molecule is COC(=O)/C(=C\c1ccc2c(ccn2S(=O)(=O)CC[Si](C)(C)C)c1)NC(=O)OCc1ccccc1. The van der Waals surface area contributed by atoms with E-state index >= 15 is 0 Å². The van der Waals surface area contributed by atoms with Gasteiger partial charge in [0.1, 0.15) is 12.3 Å². The fourth-order valence-electron chi connectivity index (χ4n) is 3.29. The maximum atomic E-state index is 12.9. The number of fused-ring (bicyclic) bond motifs is 1. The standard InChI is InChI=1S/C25H30N2O6SSi/c1-32-24(28)22(26-25(29)33-18-19-8-6-5-7-9-19)17-20-10-11-23-21(16-20)12-13-27(23)34(30,31)14-15-35(2,3)4/h5-13,16-17H,14-15,18H2,1-4H3,(H,26,29)/b22-17+. The summed E-state index contributed by atoms with van der Waals surface area (Å²) in [5, 5.41) is 3.11. The van der Waals surface area contributed by atoms with Gasteiger partial charge in [-0.3, -0.25) is 5.32 Å². The molecule has 10 heteroatoms. The maximum absolute atomic E-state index is 12.9. The van der Waals surface area contributed by atoms with Crippen LogP contribution in [0.1, 0.15) is 11.1 Å². The van der Waals surface area contributed by atoms with E-state index in [0.29, 0.717) is 22.5 Å². The molecule has 0 atom stereocenters. The third-order valence-corrected chi connectivity index (χ3v) is 9.00. The number of alkyl carbamates (subject to hydrolysis) is 1. The Morgan fingerprint density at radius 3 is 2.43 bits per heavy atom. The van der Waals surface area contributed by atoms with Gasteiger partial charge in [0.15, 0.2) is 0 Å². The first-order valence-electron chi connectivity index (χ1n) is 11.1. The van der Waals surface area contributed by atoms with Crippen LogP contribution in [-0.2, 0) is 30.9 Å². The van der Waals surface area contributed by atoms with Crippen LogP contribution in [0.5, 0.6) is 0 Å². The van der Waals surface area contributed by atoms with Gasteiger partial charge >= 0.3 is 12.1 Å². The van der Waals surface area contributed by atoms with E-state index in [4.69, 9.17) is 9.47 Å². The van der Waals surface area contributed by atoms with Crippen LogP contribution in [0.3, 0.4) is 0 Å². The Labute approximate surface area is 206 Å². The minimum absolute atomic E-state index is 0.0484. The van der Waals surface area contributed by atoms with Crippen molar-refractivity contribution in [3.8, 4) is 0 Å². The molecule has 0 fully saturated rings. The van der Waals surface area contributed by atoms with Crippen molar-refractivity contribution in [1.82, 2.24) is 9.29 Å². The van der Waals surface area contributed by atoms with Gasteiger partial charge in [-0.15, -0.1) is 0 Å². The molecule has 0 unspecified atom stereocenters. The molecule has 186 valence electrons. The highest BCUT2D eigenvalue weighted by atomic mass is 32.2. The first-order valence-corrected chi connectivity index (χ1v) is 16.4. The van der Waals surface area contributed by atoms with E-state index in [1.807, 2.05) is 30.3 Å². The maximum Gasteiger partial charge on any atom is 0.412 e. The molecule has 1 heterocycles. The highest BCUT2D eigenvalue weighted by Crippen LogP contribution is 2.22. The van der Waals surface area contributed by atoms with Crippen LogP contribution >= 0.6 is 0 Å². The summed E-state index contributed by atoms with van der Waals surface area (Å²) in [6.45, 7) is 6.46. The summed E-state index contributed by atoms with van der Waals surface area (Å²) < 4.78 is 37.0. The van der Waals surface area contributed by atoms with Crippen LogP contribution in [-0.4, -0.2) is 45.4 Å². The van der Waals surface area contributed by atoms with Crippen LogP contribution in [0, 0.1) is 0 Å². The fourth-order valence-corrected chi connectivity index (χ4v) is 7.68. The van der Waals surface area contributed by atoms with Gasteiger partial charge < -0.3 is 9.47 Å². The molecule has 0 saturated heterocycles. The molecule has 3 aromatic rings. The summed E-state index contributed by atoms with van der Waals surface area (Å²) in [6.07, 6.45) is 2.19. The second-order valence-electron chi connectivity index (χ2n) is 9.29. The zero-order valence-corrected chi connectivity index (χ0v) is 22.1. The molecule has 0 aliphatic carbocycles. The lowest BCUT2D eigenvalue weighted by molar-refractivity contribution is -0.136. The number of benzene rings is 2. The summed E-state index contributed by atoms with van der Waals surface area (Å²) in [5.74, 6) is -0.649. The van der Waals surface area contributed by atoms with E-state index in [1.54, 1.807) is 24.3 Å². The lowest BCUT2D eigenvalue weighted by Crippen LogP contribution is -2.28. The Balaban J connectivity index is 1.80. The van der Waals surface area contributed by atoms with Crippen molar-refractivity contribution in [2.75, 3.05) is 12.9 Å². The number of carbonyl (C=O) groups excluding carboxylic acids is 2. The largest absolute Gasteiger partial charge is 0.464 e. The summed E-state index contributed by atoms with van der Waals surface area (Å²) in [5.41, 5.74) is 1.83. The van der Waals surface area contributed by atoms with E-state index in [2.05, 4.69) is 25.0 Å². The van der Waals surface area contributed by atoms with Gasteiger partial charge in [0.2, 0.25) is 10.0 Å². The number of methoxy groups -OCH3 is 1. The Kier molecular flexibility index (Phi) is 8.18. The lowest BCUT2D eigenvalue weighted by atomic mass is 10.1. The third-order valence-electron chi connectivity index (χ3n) is 5.25. The zero-order valence-electron chi connectivity index (χ0n) is 20.3. The van der Waals surface area contributed by atoms with Gasteiger partial charge in [-0.25, -0.2) is 22.0 Å². The van der Waals surface area contributed by atoms with E-state index in [-0.39, 0.29) is 18.1 Å². The van der Waals surface area contributed by atoms with Crippen LogP contribution < -0.4 is 5.32 Å². The molecule has 35 heavy (non-hydrogen) atoms. The van der Waals surface area contributed by atoms with Crippen LogP contribution in [0.15, 0.2) is 66.5 Å². The van der Waals surface area contributed by atoms with Gasteiger partial charge in [0, 0.05) is 19.7 Å². The molecular weight excluding hydrogens is 484 g/mol. The lowest BCUT2D eigenvalue weighted by Gasteiger charge is -2.16. The van der Waals surface area contributed by atoms with Crippen molar-refractivity contribution in [1.29, 1.82) is 0 Å². The quantitative estimate of drug-likeness (QED) is 0.254. The number of rotatable bonds is 9. The van der Waals surface area contributed by atoms with Crippen molar-refractivity contribution in [3.63, 3.8) is 0 Å². The van der Waals surface area contributed by atoms with E-state index in [1.165, 1.54) is 23.4 Å². The highest BCUT2D eigenvalue weighted by Gasteiger charge is 2.22. The van der Waals surface area contributed by atoms with Crippen LogP contribution in [0.4, 0.5) is 4.79 Å². The van der Waals surface area contributed by atoms with Gasteiger partial charge in [-0.1, -0.05) is 56.0 Å². The van der Waals surface area contributed by atoms with E-state index in [0.717, 1.165) is 5.56 Å². The average Bonchev–Trinajstić information content (AvgIpc) is 3.25. The van der Waals surface area contributed by atoms with Gasteiger partial charge in [-0.05, 0) is 41.4 Å². The molecule has 0 radical (unpaired) electrons. The second-order valence-corrected chi connectivity index (χ2v) is 16.9. The number of amides is 1. The van der Waals surface area contributed by atoms with Gasteiger partial charge in [0.25, 0.3) is 0 Å². The molecule has 0 bridgehead atoms. The summed E-state index contributed by atoms with van der Waals surface area (Å²) in [7, 11) is -3.79. The summed E-state index contributed by atoms with van der Waals surface area (Å²) in [4.78, 5) is 24.5. The van der Waals surface area contributed by atoms with Crippen molar-refractivity contribution in [2.24, 2.45) is 0 Å². The van der Waals surface area contributed by atoms with Crippen molar-refractivity contribution >= 4 is 47.1 Å². The number of nitrogens with one attached hydrogen (secondary N) is 1. The Morgan fingerprint density at radius 1 is 1.06 bits per heavy atom. The topological polar surface area (TPSA) is 104 Å². The minimum atomic E-state index is -3.49. The first-order chi connectivity index (χ1) is 16.5. The Morgan fingerprint density at radius 2 is 1.77 bits per heavy atom. The molecule has 0 saturated carbocycles. The zero-order chi connectivity index (χ0) is 25.6. The Bertz CT molecular complexity index is 1340. The number of esters is 1. The molecule has 1 aromatic heterocycles. The van der Waals surface area contributed by atoms with E-state index < -0.39 is 30.2 Å². The van der Waals surface area contributed by atoms with Crippen molar-refractivity contribution < 1.29 is 27.5 Å². The molecule has 0 aliphatic rings. The van der Waals surface area contributed by atoms with Gasteiger partial charge in [-0.2, -0.15) is 0 Å². The second kappa shape index (κ2) is 10.9. The Hall–Kier alpha value is -3.37. The first kappa shape index (κ1) is 26.2. The number of ether oxygens (including phenoxy) is 2. The monoisotopic (exact) mass is 514 g/mol. The van der Waals surface area contributed by atoms with Crippen LogP contribution in [0.2, 0.25) is 25.7 Å². The number of nitrogens with zero attached hydrogens (tertiary/aromatic N) is 1. The predicted molar refractivity (Wildman–Crippen MR) is 139 cm³/mol. The highest BCUT2D eigenvalue weighted by molar-refractivity contribution is 7.90.